The van der Waals surface area contributed by atoms with Gasteiger partial charge in [0.1, 0.15) is 5.82 Å². The Hall–Kier alpha value is -0.970. The molecule has 0 aliphatic heterocycles. The summed E-state index contributed by atoms with van der Waals surface area (Å²) < 4.78 is 5.72. The fourth-order valence-electron chi connectivity index (χ4n) is 2.14. The Labute approximate surface area is 106 Å². The van der Waals surface area contributed by atoms with Gasteiger partial charge in [0.05, 0.1) is 6.61 Å². The molecule has 0 aromatic carbocycles. The van der Waals surface area contributed by atoms with Gasteiger partial charge in [-0.1, -0.05) is 31.0 Å². The molecule has 1 saturated carbocycles. The van der Waals surface area contributed by atoms with Crippen LogP contribution in [-0.2, 0) is 0 Å². The lowest BCUT2D eigenvalue weighted by Crippen LogP contribution is -2.16. The molecule has 1 fully saturated rings. The summed E-state index contributed by atoms with van der Waals surface area (Å²) in [4.78, 5) is 8.38. The highest BCUT2D eigenvalue weighted by Gasteiger charge is 2.14. The van der Waals surface area contributed by atoms with E-state index in [2.05, 4.69) is 9.97 Å². The highest BCUT2D eigenvalue weighted by Crippen LogP contribution is 2.25. The zero-order valence-corrected chi connectivity index (χ0v) is 11.0. The molecule has 0 radical (unpaired) electrons. The van der Waals surface area contributed by atoms with Crippen LogP contribution in [0.4, 0.5) is 5.82 Å². The molecule has 1 heterocycles. The molecule has 94 valence electrons. The number of nitrogen functional groups attached to an aromatic ring is 1. The molecule has 17 heavy (non-hydrogen) atoms. The first-order chi connectivity index (χ1) is 8.28. The van der Waals surface area contributed by atoms with Gasteiger partial charge in [0.15, 0.2) is 5.16 Å². The van der Waals surface area contributed by atoms with Crippen molar-refractivity contribution in [2.75, 3.05) is 18.6 Å². The third-order valence-electron chi connectivity index (χ3n) is 3.08. The smallest absolute Gasteiger partial charge is 0.219 e. The molecule has 1 aromatic heterocycles. The van der Waals surface area contributed by atoms with E-state index in [1.165, 1.54) is 43.9 Å². The molecule has 0 bridgehead atoms. The van der Waals surface area contributed by atoms with E-state index in [1.54, 1.807) is 6.07 Å². The number of hydrogen-bond acceptors (Lipinski definition) is 5. The van der Waals surface area contributed by atoms with Crippen LogP contribution in [-0.4, -0.2) is 22.8 Å². The van der Waals surface area contributed by atoms with Crippen molar-refractivity contribution < 1.29 is 4.74 Å². The zero-order chi connectivity index (χ0) is 12.1. The van der Waals surface area contributed by atoms with Crippen LogP contribution >= 0.6 is 11.8 Å². The molecular weight excluding hydrogens is 234 g/mol. The molecule has 0 amide bonds. The molecule has 2 rings (SSSR count). The van der Waals surface area contributed by atoms with E-state index in [4.69, 9.17) is 10.5 Å². The molecular formula is C12H19N3OS. The second-order valence-corrected chi connectivity index (χ2v) is 5.21. The third kappa shape index (κ3) is 3.77. The average molecular weight is 253 g/mol. The Kier molecular flexibility index (Phi) is 4.48. The molecule has 0 atom stereocenters. The molecule has 5 heteroatoms. The number of ether oxygens (including phenoxy) is 1. The second-order valence-electron chi connectivity index (χ2n) is 4.43. The molecule has 0 saturated heterocycles. The number of thioether (sulfide) groups is 1. The quantitative estimate of drug-likeness (QED) is 0.660. The Morgan fingerprint density at radius 1 is 1.35 bits per heavy atom. The summed E-state index contributed by atoms with van der Waals surface area (Å²) in [5.74, 6) is 1.76. The maximum atomic E-state index is 5.72. The number of aromatic nitrogens is 2. The summed E-state index contributed by atoms with van der Waals surface area (Å²) >= 11 is 1.48. The van der Waals surface area contributed by atoms with Crippen molar-refractivity contribution in [3.8, 4) is 5.88 Å². The van der Waals surface area contributed by atoms with Crippen molar-refractivity contribution in [1.82, 2.24) is 9.97 Å². The van der Waals surface area contributed by atoms with E-state index < -0.39 is 0 Å². The van der Waals surface area contributed by atoms with Crippen molar-refractivity contribution in [1.29, 1.82) is 0 Å². The van der Waals surface area contributed by atoms with Gasteiger partial charge in [-0.2, -0.15) is 4.98 Å². The van der Waals surface area contributed by atoms with Gasteiger partial charge in [-0.05, 0) is 25.0 Å². The first kappa shape index (κ1) is 12.5. The molecule has 4 nitrogen and oxygen atoms in total. The summed E-state index contributed by atoms with van der Waals surface area (Å²) in [5.41, 5.74) is 5.70. The first-order valence-electron chi connectivity index (χ1n) is 6.09. The number of nitrogens with two attached hydrogens (primary N) is 1. The van der Waals surface area contributed by atoms with Crippen LogP contribution in [0.3, 0.4) is 0 Å². The van der Waals surface area contributed by atoms with Crippen LogP contribution in [0.5, 0.6) is 5.88 Å². The minimum atomic E-state index is 0.475. The Morgan fingerprint density at radius 3 is 2.82 bits per heavy atom. The SMILES string of the molecule is CSc1nc(N)cc(OCC2CCCCC2)n1. The maximum absolute atomic E-state index is 5.72. The van der Waals surface area contributed by atoms with E-state index in [9.17, 15) is 0 Å². The van der Waals surface area contributed by atoms with E-state index in [1.807, 2.05) is 6.26 Å². The summed E-state index contributed by atoms with van der Waals surface area (Å²) in [6.45, 7) is 0.754. The number of hydrogen-bond donors (Lipinski definition) is 1. The summed E-state index contributed by atoms with van der Waals surface area (Å²) in [5, 5.41) is 0.670. The molecule has 1 aromatic rings. The Morgan fingerprint density at radius 2 is 2.12 bits per heavy atom. The molecule has 0 unspecified atom stereocenters. The molecule has 1 aliphatic carbocycles. The van der Waals surface area contributed by atoms with Crippen LogP contribution < -0.4 is 10.5 Å². The monoisotopic (exact) mass is 253 g/mol. The van der Waals surface area contributed by atoms with Gasteiger partial charge >= 0.3 is 0 Å². The van der Waals surface area contributed by atoms with E-state index in [-0.39, 0.29) is 0 Å². The van der Waals surface area contributed by atoms with E-state index >= 15 is 0 Å². The fourth-order valence-corrected chi connectivity index (χ4v) is 2.52. The van der Waals surface area contributed by atoms with Crippen LogP contribution in [0, 0.1) is 5.92 Å². The highest BCUT2D eigenvalue weighted by molar-refractivity contribution is 7.98. The maximum Gasteiger partial charge on any atom is 0.219 e. The predicted molar refractivity (Wildman–Crippen MR) is 70.3 cm³/mol. The molecule has 2 N–H and O–H groups in total. The van der Waals surface area contributed by atoms with Crippen LogP contribution in [0.2, 0.25) is 0 Å². The van der Waals surface area contributed by atoms with Crippen LogP contribution in [0.25, 0.3) is 0 Å². The van der Waals surface area contributed by atoms with Gasteiger partial charge in [-0.15, -0.1) is 0 Å². The predicted octanol–water partition coefficient (Wildman–Crippen LogP) is 2.74. The van der Waals surface area contributed by atoms with Gasteiger partial charge in [-0.3, -0.25) is 0 Å². The van der Waals surface area contributed by atoms with Crippen molar-refractivity contribution in [2.24, 2.45) is 5.92 Å². The first-order valence-corrected chi connectivity index (χ1v) is 7.32. The lowest BCUT2D eigenvalue weighted by molar-refractivity contribution is 0.201. The normalized spacial score (nSPS) is 17.0. The van der Waals surface area contributed by atoms with E-state index in [0.29, 0.717) is 22.8 Å². The van der Waals surface area contributed by atoms with Gasteiger partial charge in [0.25, 0.3) is 0 Å². The van der Waals surface area contributed by atoms with Gasteiger partial charge in [-0.25, -0.2) is 4.98 Å². The lowest BCUT2D eigenvalue weighted by atomic mass is 9.90. The number of nitrogens with zero attached hydrogens (tertiary/aromatic N) is 2. The van der Waals surface area contributed by atoms with Crippen molar-refractivity contribution in [2.45, 2.75) is 37.3 Å². The van der Waals surface area contributed by atoms with Crippen molar-refractivity contribution in [3.05, 3.63) is 6.07 Å². The van der Waals surface area contributed by atoms with Crippen LogP contribution in [0.15, 0.2) is 11.2 Å². The zero-order valence-electron chi connectivity index (χ0n) is 10.2. The third-order valence-corrected chi connectivity index (χ3v) is 3.62. The number of rotatable bonds is 4. The summed E-state index contributed by atoms with van der Waals surface area (Å²) in [6.07, 6.45) is 8.51. The number of anilines is 1. The second kappa shape index (κ2) is 6.10. The van der Waals surface area contributed by atoms with Crippen molar-refractivity contribution >= 4 is 17.6 Å². The van der Waals surface area contributed by atoms with Gasteiger partial charge in [0, 0.05) is 6.07 Å². The topological polar surface area (TPSA) is 61.0 Å². The Bertz CT molecular complexity index is 367. The van der Waals surface area contributed by atoms with Crippen molar-refractivity contribution in [3.63, 3.8) is 0 Å². The van der Waals surface area contributed by atoms with E-state index in [0.717, 1.165) is 6.61 Å². The summed E-state index contributed by atoms with van der Waals surface area (Å²) in [7, 11) is 0. The largest absolute Gasteiger partial charge is 0.477 e. The average Bonchev–Trinajstić information content (AvgIpc) is 2.37. The Balaban J connectivity index is 1.91. The lowest BCUT2D eigenvalue weighted by Gasteiger charge is -2.21. The minimum absolute atomic E-state index is 0.475. The van der Waals surface area contributed by atoms with Gasteiger partial charge in [0.2, 0.25) is 5.88 Å². The fraction of sp³-hybridized carbons (Fsp3) is 0.667. The highest BCUT2D eigenvalue weighted by atomic mass is 32.2. The minimum Gasteiger partial charge on any atom is -0.477 e. The molecule has 1 aliphatic rings. The summed E-state index contributed by atoms with van der Waals surface area (Å²) in [6, 6.07) is 1.70. The molecule has 0 spiro atoms. The van der Waals surface area contributed by atoms with Crippen LogP contribution in [0.1, 0.15) is 32.1 Å². The standard InChI is InChI=1S/C12H19N3OS/c1-17-12-14-10(13)7-11(15-12)16-8-9-5-3-2-4-6-9/h7,9H,2-6,8H2,1H3,(H2,13,14,15). The van der Waals surface area contributed by atoms with Gasteiger partial charge < -0.3 is 10.5 Å².